The van der Waals surface area contributed by atoms with Crippen molar-refractivity contribution in [1.29, 1.82) is 0 Å². The number of carbonyl (C=O) groups is 1. The van der Waals surface area contributed by atoms with Gasteiger partial charge in [-0.05, 0) is 17.1 Å². The number of para-hydroxylation sites is 1. The second-order valence-electron chi connectivity index (χ2n) is 6.92. The van der Waals surface area contributed by atoms with Crippen molar-refractivity contribution in [2.45, 2.75) is 6.04 Å². The molecule has 2 aromatic carbocycles. The third-order valence-corrected chi connectivity index (χ3v) is 5.24. The van der Waals surface area contributed by atoms with Crippen LogP contribution >= 0.6 is 0 Å². The van der Waals surface area contributed by atoms with Crippen molar-refractivity contribution >= 4 is 35.2 Å². The van der Waals surface area contributed by atoms with Gasteiger partial charge in [-0.1, -0.05) is 42.5 Å². The first-order chi connectivity index (χ1) is 14.0. The molecule has 5 rings (SSSR count). The van der Waals surface area contributed by atoms with E-state index in [0.29, 0.717) is 16.7 Å². The van der Waals surface area contributed by atoms with Crippen molar-refractivity contribution in [1.82, 2.24) is 15.2 Å². The van der Waals surface area contributed by atoms with Gasteiger partial charge in [0.2, 0.25) is 0 Å². The summed E-state index contributed by atoms with van der Waals surface area (Å²) >= 11 is 0. The molecule has 8 nitrogen and oxygen atoms in total. The number of H-pyrrole nitrogens is 1. The van der Waals surface area contributed by atoms with E-state index in [9.17, 15) is 14.8 Å². The summed E-state index contributed by atoms with van der Waals surface area (Å²) in [6.07, 6.45) is 1.84. The number of fused-ring (bicyclic) bond motifs is 2. The first-order valence-electron chi connectivity index (χ1n) is 9.04. The molecular formula is C20H16BN5O3. The maximum Gasteiger partial charge on any atom is 0.488 e. The predicted octanol–water partition coefficient (Wildman–Crippen LogP) is 0.918. The topological polar surface area (TPSA) is 137 Å². The first-order valence-corrected chi connectivity index (χ1v) is 9.04. The van der Waals surface area contributed by atoms with E-state index < -0.39 is 13.0 Å². The van der Waals surface area contributed by atoms with Crippen LogP contribution in [0.4, 0.5) is 5.69 Å². The van der Waals surface area contributed by atoms with Crippen molar-refractivity contribution in [2.75, 3.05) is 5.32 Å². The molecule has 6 N–H and O–H groups in total. The summed E-state index contributed by atoms with van der Waals surface area (Å²) in [7, 11) is -1.53. The summed E-state index contributed by atoms with van der Waals surface area (Å²) in [5.74, 6) is -0.643. The number of rotatable bonds is 3. The highest BCUT2D eigenvalue weighted by Crippen LogP contribution is 2.44. The van der Waals surface area contributed by atoms with Crippen LogP contribution in [0, 0.1) is 0 Å². The number of nitrogens with one attached hydrogen (secondary N) is 2. The normalized spacial score (nSPS) is 14.8. The van der Waals surface area contributed by atoms with E-state index in [1.54, 1.807) is 12.1 Å². The molecule has 0 bridgehead atoms. The van der Waals surface area contributed by atoms with Gasteiger partial charge in [0.25, 0.3) is 5.91 Å². The molecule has 1 amide bonds. The van der Waals surface area contributed by atoms with Crippen LogP contribution in [0.3, 0.4) is 0 Å². The SMILES string of the molecule is NC(=O)c1nnc2[nH]cc3c2c1-c1ccccc1NC3c1ccc(B(O)O)cc1. The third-order valence-electron chi connectivity index (χ3n) is 5.24. The number of hydrogen-bond donors (Lipinski definition) is 5. The molecule has 3 heterocycles. The van der Waals surface area contributed by atoms with E-state index in [1.165, 1.54) is 0 Å². The van der Waals surface area contributed by atoms with Crippen LogP contribution in [-0.4, -0.2) is 38.3 Å². The largest absolute Gasteiger partial charge is 0.488 e. The number of carbonyl (C=O) groups excluding carboxylic acids is 1. The van der Waals surface area contributed by atoms with Gasteiger partial charge >= 0.3 is 7.12 Å². The fourth-order valence-electron chi connectivity index (χ4n) is 3.88. The van der Waals surface area contributed by atoms with Crippen LogP contribution in [0.15, 0.2) is 54.7 Å². The van der Waals surface area contributed by atoms with Crippen molar-refractivity contribution in [3.8, 4) is 11.1 Å². The van der Waals surface area contributed by atoms with Gasteiger partial charge in [-0.15, -0.1) is 10.2 Å². The molecule has 4 aromatic rings. The number of aromatic nitrogens is 3. The Bertz CT molecular complexity index is 1250. The van der Waals surface area contributed by atoms with Crippen LogP contribution in [0.25, 0.3) is 22.2 Å². The average molecular weight is 385 g/mol. The Morgan fingerprint density at radius 1 is 1.07 bits per heavy atom. The highest BCUT2D eigenvalue weighted by Gasteiger charge is 2.29. The average Bonchev–Trinajstić information content (AvgIpc) is 3.09. The number of benzene rings is 2. The third kappa shape index (κ3) is 2.67. The van der Waals surface area contributed by atoms with Gasteiger partial charge in [0.05, 0.1) is 6.04 Å². The highest BCUT2D eigenvalue weighted by atomic mass is 16.4. The van der Waals surface area contributed by atoms with Crippen LogP contribution in [0.2, 0.25) is 0 Å². The molecule has 1 aliphatic heterocycles. The predicted molar refractivity (Wildman–Crippen MR) is 110 cm³/mol. The Labute approximate surface area is 165 Å². The maximum absolute atomic E-state index is 12.1. The lowest BCUT2D eigenvalue weighted by molar-refractivity contribution is 0.0995. The number of nitrogens with two attached hydrogens (primary N) is 1. The quantitative estimate of drug-likeness (QED) is 0.333. The number of hydrogen-bond acceptors (Lipinski definition) is 6. The van der Waals surface area contributed by atoms with E-state index in [-0.39, 0.29) is 11.7 Å². The second kappa shape index (κ2) is 6.44. The summed E-state index contributed by atoms with van der Waals surface area (Å²) in [4.78, 5) is 15.2. The van der Waals surface area contributed by atoms with Crippen LogP contribution in [0.5, 0.6) is 0 Å². The minimum absolute atomic E-state index is 0.118. The van der Waals surface area contributed by atoms with Crippen LogP contribution in [-0.2, 0) is 0 Å². The summed E-state index contributed by atoms with van der Waals surface area (Å²) in [6.45, 7) is 0. The van der Waals surface area contributed by atoms with Crippen molar-refractivity contribution in [3.63, 3.8) is 0 Å². The molecule has 1 unspecified atom stereocenters. The Morgan fingerprint density at radius 2 is 1.83 bits per heavy atom. The molecule has 142 valence electrons. The second-order valence-corrected chi connectivity index (χ2v) is 6.92. The Hall–Kier alpha value is -3.69. The summed E-state index contributed by atoms with van der Waals surface area (Å²) in [5, 5.41) is 31.3. The van der Waals surface area contributed by atoms with Gasteiger partial charge in [-0.25, -0.2) is 0 Å². The number of amides is 1. The minimum atomic E-state index is -1.53. The summed E-state index contributed by atoms with van der Waals surface area (Å²) < 4.78 is 0. The zero-order valence-corrected chi connectivity index (χ0v) is 15.1. The molecule has 0 aliphatic carbocycles. The molecule has 9 heteroatoms. The van der Waals surface area contributed by atoms with Crippen molar-refractivity contribution in [2.24, 2.45) is 5.73 Å². The smallest absolute Gasteiger partial charge is 0.423 e. The molecule has 1 aliphatic rings. The van der Waals surface area contributed by atoms with E-state index in [2.05, 4.69) is 20.5 Å². The fourth-order valence-corrected chi connectivity index (χ4v) is 3.88. The number of anilines is 1. The van der Waals surface area contributed by atoms with Gasteiger partial charge in [0.15, 0.2) is 11.3 Å². The van der Waals surface area contributed by atoms with E-state index in [0.717, 1.165) is 27.8 Å². The van der Waals surface area contributed by atoms with E-state index >= 15 is 0 Å². The molecule has 0 saturated carbocycles. The summed E-state index contributed by atoms with van der Waals surface area (Å²) in [5.41, 5.74) is 10.8. The van der Waals surface area contributed by atoms with Crippen molar-refractivity contribution < 1.29 is 14.8 Å². The van der Waals surface area contributed by atoms with Gasteiger partial charge in [-0.3, -0.25) is 4.79 Å². The monoisotopic (exact) mass is 385 g/mol. The minimum Gasteiger partial charge on any atom is -0.423 e. The Balaban J connectivity index is 1.80. The lowest BCUT2D eigenvalue weighted by atomic mass is 9.79. The van der Waals surface area contributed by atoms with Crippen LogP contribution in [0.1, 0.15) is 27.7 Å². The molecule has 0 radical (unpaired) electrons. The zero-order chi connectivity index (χ0) is 20.1. The Morgan fingerprint density at radius 3 is 2.55 bits per heavy atom. The molecule has 2 aromatic heterocycles. The van der Waals surface area contributed by atoms with Crippen LogP contribution < -0.4 is 16.5 Å². The first kappa shape index (κ1) is 17.4. The fraction of sp³-hybridized carbons (Fsp3) is 0.0500. The van der Waals surface area contributed by atoms with E-state index in [4.69, 9.17) is 5.73 Å². The molecule has 29 heavy (non-hydrogen) atoms. The maximum atomic E-state index is 12.1. The van der Waals surface area contributed by atoms with Gasteiger partial charge in [-0.2, -0.15) is 0 Å². The Kier molecular flexibility index (Phi) is 3.87. The standard InChI is InChI=1S/C20H16BN5O3/c22-19(27)18-15-12-3-1-2-4-14(12)24-17(10-5-7-11(8-6-10)21(28)29)13-9-23-20(16(13)15)26-25-18/h1-9,17,24,28-29H,(H2,22,27)(H,23,26). The number of primary amides is 1. The lowest BCUT2D eigenvalue weighted by Crippen LogP contribution is -2.29. The number of aromatic amines is 1. The van der Waals surface area contributed by atoms with Gasteiger partial charge in [0, 0.05) is 34.0 Å². The number of nitrogens with zero attached hydrogens (tertiary/aromatic N) is 2. The summed E-state index contributed by atoms with van der Waals surface area (Å²) in [6, 6.07) is 14.4. The molecular weight excluding hydrogens is 369 g/mol. The molecule has 0 spiro atoms. The lowest BCUT2D eigenvalue weighted by Gasteiger charge is -2.20. The molecule has 1 atom stereocenters. The highest BCUT2D eigenvalue weighted by molar-refractivity contribution is 6.58. The van der Waals surface area contributed by atoms with Gasteiger partial charge < -0.3 is 26.1 Å². The molecule has 0 saturated heterocycles. The molecule has 0 fully saturated rings. The van der Waals surface area contributed by atoms with E-state index in [1.807, 2.05) is 42.6 Å². The van der Waals surface area contributed by atoms with Gasteiger partial charge in [0.1, 0.15) is 0 Å². The van der Waals surface area contributed by atoms with Crippen molar-refractivity contribution in [3.05, 3.63) is 71.5 Å². The zero-order valence-electron chi connectivity index (χ0n) is 15.1.